The number of Topliss-reactive ketones (excluding diaryl/α,β-unsaturated/α-hetero) is 1. The Morgan fingerprint density at radius 3 is 1.69 bits per heavy atom. The summed E-state index contributed by atoms with van der Waals surface area (Å²) in [4.78, 5) is 13.0. The lowest BCUT2D eigenvalue weighted by Crippen LogP contribution is -2.39. The van der Waals surface area contributed by atoms with E-state index in [1.54, 1.807) is 0 Å². The number of carbonyl (C=O) groups is 1. The molecule has 2 nitrogen and oxygen atoms in total. The number of fused-ring (bicyclic) bond motifs is 1. The number of carbonyl (C=O) groups excluding carboxylic acids is 1. The van der Waals surface area contributed by atoms with Crippen molar-refractivity contribution in [1.29, 1.82) is 0 Å². The van der Waals surface area contributed by atoms with E-state index in [-0.39, 0.29) is 11.6 Å². The minimum absolute atomic E-state index is 0.0665. The normalized spacial score (nSPS) is 13.5. The number of halogens is 1. The van der Waals surface area contributed by atoms with Gasteiger partial charge in [0.05, 0.1) is 0 Å². The fourth-order valence-corrected chi connectivity index (χ4v) is 4.84. The molecule has 0 fully saturated rings. The molecule has 1 aliphatic carbocycles. The first kappa shape index (κ1) is 20.2. The van der Waals surface area contributed by atoms with E-state index in [0.29, 0.717) is 24.1 Å². The lowest BCUT2D eigenvalue weighted by atomic mass is 9.76. The SMILES string of the molecule is O=C1CCCc2cc(F)cc(NC(c3ccccc3)(c3ccccc3)c3ccccc3)c21. The predicted molar refractivity (Wildman–Crippen MR) is 126 cm³/mol. The van der Waals surface area contributed by atoms with Crippen LogP contribution in [0.1, 0.15) is 45.5 Å². The van der Waals surface area contributed by atoms with E-state index >= 15 is 0 Å². The maximum atomic E-state index is 14.7. The highest BCUT2D eigenvalue weighted by atomic mass is 19.1. The summed E-state index contributed by atoms with van der Waals surface area (Å²) in [7, 11) is 0. The molecular formula is C29H24FNO. The number of rotatable bonds is 5. The molecule has 32 heavy (non-hydrogen) atoms. The first-order chi connectivity index (χ1) is 15.7. The van der Waals surface area contributed by atoms with Gasteiger partial charge in [0, 0.05) is 17.7 Å². The van der Waals surface area contributed by atoms with Gasteiger partial charge in [0.2, 0.25) is 0 Å². The average molecular weight is 422 g/mol. The van der Waals surface area contributed by atoms with E-state index in [1.807, 2.05) is 54.6 Å². The van der Waals surface area contributed by atoms with Crippen LogP contribution in [0.4, 0.5) is 10.1 Å². The van der Waals surface area contributed by atoms with Crippen molar-refractivity contribution in [2.45, 2.75) is 24.8 Å². The maximum absolute atomic E-state index is 14.7. The Kier molecular flexibility index (Phi) is 5.32. The van der Waals surface area contributed by atoms with Crippen LogP contribution in [0.2, 0.25) is 0 Å². The maximum Gasteiger partial charge on any atom is 0.165 e. The third kappa shape index (κ3) is 3.50. The molecule has 0 atom stereocenters. The van der Waals surface area contributed by atoms with Gasteiger partial charge < -0.3 is 5.32 Å². The van der Waals surface area contributed by atoms with Crippen LogP contribution in [-0.2, 0) is 12.0 Å². The fourth-order valence-electron chi connectivity index (χ4n) is 4.84. The summed E-state index contributed by atoms with van der Waals surface area (Å²) in [5, 5.41) is 3.68. The highest BCUT2D eigenvalue weighted by Gasteiger charge is 2.38. The van der Waals surface area contributed by atoms with E-state index in [9.17, 15) is 9.18 Å². The summed E-state index contributed by atoms with van der Waals surface area (Å²) in [6.45, 7) is 0. The second kappa shape index (κ2) is 8.43. The molecule has 0 saturated carbocycles. The third-order valence-electron chi connectivity index (χ3n) is 6.26. The van der Waals surface area contributed by atoms with Gasteiger partial charge in [-0.3, -0.25) is 4.79 Å². The number of aryl methyl sites for hydroxylation is 1. The number of anilines is 1. The Labute approximate surface area is 187 Å². The lowest BCUT2D eigenvalue weighted by Gasteiger charge is -2.39. The van der Waals surface area contributed by atoms with E-state index in [4.69, 9.17) is 0 Å². The summed E-state index contributed by atoms with van der Waals surface area (Å²) in [5.41, 5.74) is 4.18. The molecule has 0 unspecified atom stereocenters. The zero-order valence-corrected chi connectivity index (χ0v) is 17.7. The summed E-state index contributed by atoms with van der Waals surface area (Å²) < 4.78 is 14.7. The van der Waals surface area contributed by atoms with Crippen LogP contribution in [0.25, 0.3) is 0 Å². The van der Waals surface area contributed by atoms with Crippen LogP contribution in [-0.4, -0.2) is 5.78 Å². The van der Waals surface area contributed by atoms with Crippen molar-refractivity contribution in [3.05, 3.63) is 137 Å². The van der Waals surface area contributed by atoms with Crippen molar-refractivity contribution in [3.8, 4) is 0 Å². The summed E-state index contributed by atoms with van der Waals surface area (Å²) in [6.07, 6.45) is 1.96. The van der Waals surface area contributed by atoms with E-state index in [0.717, 1.165) is 28.7 Å². The topological polar surface area (TPSA) is 29.1 Å². The zero-order chi connectivity index (χ0) is 22.0. The smallest absolute Gasteiger partial charge is 0.165 e. The molecule has 4 aromatic carbocycles. The van der Waals surface area contributed by atoms with Crippen molar-refractivity contribution in [1.82, 2.24) is 0 Å². The second-order valence-corrected chi connectivity index (χ2v) is 8.24. The van der Waals surface area contributed by atoms with Gasteiger partial charge in [-0.2, -0.15) is 0 Å². The summed E-state index contributed by atoms with van der Waals surface area (Å²) >= 11 is 0. The highest BCUT2D eigenvalue weighted by molar-refractivity contribution is 6.03. The van der Waals surface area contributed by atoms with Gasteiger partial charge in [0.15, 0.2) is 5.78 Å². The molecule has 0 aromatic heterocycles. The molecule has 0 heterocycles. The highest BCUT2D eigenvalue weighted by Crippen LogP contribution is 2.42. The van der Waals surface area contributed by atoms with Gasteiger partial charge in [-0.1, -0.05) is 91.0 Å². The van der Waals surface area contributed by atoms with Crippen molar-refractivity contribution in [3.63, 3.8) is 0 Å². The lowest BCUT2D eigenvalue weighted by molar-refractivity contribution is 0.0973. The largest absolute Gasteiger partial charge is 0.367 e. The van der Waals surface area contributed by atoms with E-state index in [2.05, 4.69) is 41.7 Å². The van der Waals surface area contributed by atoms with Crippen molar-refractivity contribution in [2.75, 3.05) is 5.32 Å². The minimum atomic E-state index is -0.803. The number of ketones is 1. The van der Waals surface area contributed by atoms with Crippen LogP contribution < -0.4 is 5.32 Å². The Hall–Kier alpha value is -3.72. The van der Waals surface area contributed by atoms with E-state index in [1.165, 1.54) is 12.1 Å². The zero-order valence-electron chi connectivity index (χ0n) is 17.7. The molecule has 4 aromatic rings. The molecule has 3 heteroatoms. The molecule has 0 saturated heterocycles. The predicted octanol–water partition coefficient (Wildman–Crippen LogP) is 6.75. The monoisotopic (exact) mass is 421 g/mol. The summed E-state index contributed by atoms with van der Waals surface area (Å²) in [5.74, 6) is -0.263. The van der Waals surface area contributed by atoms with Gasteiger partial charge >= 0.3 is 0 Å². The molecule has 1 N–H and O–H groups in total. The molecule has 0 bridgehead atoms. The van der Waals surface area contributed by atoms with Gasteiger partial charge in [-0.15, -0.1) is 0 Å². The number of hydrogen-bond donors (Lipinski definition) is 1. The third-order valence-corrected chi connectivity index (χ3v) is 6.26. The van der Waals surface area contributed by atoms with Crippen LogP contribution in [0.5, 0.6) is 0 Å². The quantitative estimate of drug-likeness (QED) is 0.361. The molecule has 158 valence electrons. The van der Waals surface area contributed by atoms with Gasteiger partial charge in [-0.25, -0.2) is 4.39 Å². The number of benzene rings is 4. The molecule has 0 radical (unpaired) electrons. The first-order valence-corrected chi connectivity index (χ1v) is 11.0. The fraction of sp³-hybridized carbons (Fsp3) is 0.138. The molecule has 0 amide bonds. The minimum Gasteiger partial charge on any atom is -0.367 e. The van der Waals surface area contributed by atoms with E-state index < -0.39 is 5.54 Å². The molecule has 1 aliphatic rings. The molecule has 0 spiro atoms. The number of nitrogens with one attached hydrogen (secondary N) is 1. The molecular weight excluding hydrogens is 397 g/mol. The Morgan fingerprint density at radius 1 is 0.688 bits per heavy atom. The van der Waals surface area contributed by atoms with Crippen LogP contribution >= 0.6 is 0 Å². The van der Waals surface area contributed by atoms with Gasteiger partial charge in [-0.05, 0) is 47.2 Å². The van der Waals surface area contributed by atoms with Crippen LogP contribution in [0.15, 0.2) is 103 Å². The Bertz CT molecular complexity index is 1140. The van der Waals surface area contributed by atoms with Crippen molar-refractivity contribution in [2.24, 2.45) is 0 Å². The average Bonchev–Trinajstić information content (AvgIpc) is 2.84. The first-order valence-electron chi connectivity index (χ1n) is 11.0. The van der Waals surface area contributed by atoms with Crippen molar-refractivity contribution >= 4 is 11.5 Å². The molecule has 5 rings (SSSR count). The summed E-state index contributed by atoms with van der Waals surface area (Å²) in [6, 6.07) is 33.4. The van der Waals surface area contributed by atoms with Crippen LogP contribution in [0.3, 0.4) is 0 Å². The Balaban J connectivity index is 1.81. The number of hydrogen-bond acceptors (Lipinski definition) is 2. The standard InChI is InChI=1S/C29H24FNO/c30-25-19-21-11-10-18-27(32)28(21)26(20-25)31-29(22-12-4-1-5-13-22,23-14-6-2-7-15-23)24-16-8-3-9-17-24/h1-9,12-17,19-20,31H,10-11,18H2. The van der Waals surface area contributed by atoms with Crippen LogP contribution in [0, 0.1) is 5.82 Å². The molecule has 0 aliphatic heterocycles. The Morgan fingerprint density at radius 2 is 1.19 bits per heavy atom. The van der Waals surface area contributed by atoms with Gasteiger partial charge in [0.25, 0.3) is 0 Å². The van der Waals surface area contributed by atoms with Crippen molar-refractivity contribution < 1.29 is 9.18 Å². The van der Waals surface area contributed by atoms with Gasteiger partial charge in [0.1, 0.15) is 11.4 Å². The second-order valence-electron chi connectivity index (χ2n) is 8.24.